The summed E-state index contributed by atoms with van der Waals surface area (Å²) in [5.74, 6) is 0.763. The molecule has 0 heterocycles. The molecule has 1 atom stereocenters. The lowest BCUT2D eigenvalue weighted by Gasteiger charge is -2.32. The van der Waals surface area contributed by atoms with Gasteiger partial charge in [0.15, 0.2) is 0 Å². The molecule has 1 fully saturated rings. The van der Waals surface area contributed by atoms with Crippen molar-refractivity contribution in [2.24, 2.45) is 5.92 Å². The van der Waals surface area contributed by atoms with Crippen LogP contribution in [0.2, 0.25) is 0 Å². The molecule has 0 aromatic heterocycles. The molecule has 1 aromatic carbocycles. The van der Waals surface area contributed by atoms with Gasteiger partial charge in [-0.3, -0.25) is 0 Å². The van der Waals surface area contributed by atoms with E-state index in [4.69, 9.17) is 4.74 Å². The Bertz CT molecular complexity index is 403. The van der Waals surface area contributed by atoms with Crippen molar-refractivity contribution in [3.63, 3.8) is 0 Å². The Kier molecular flexibility index (Phi) is 6.15. The van der Waals surface area contributed by atoms with Gasteiger partial charge >= 0.3 is 0 Å². The standard InChI is InChI=1S/C16H22BrIO/c1-16(12-18,14-9-5-6-10-15(14)17)19-11-13-7-3-2-4-8-13/h5-6,9-10,13H,2-4,7-8,11-12H2,1H3. The molecule has 106 valence electrons. The lowest BCUT2D eigenvalue weighted by atomic mass is 9.89. The zero-order chi connectivity index (χ0) is 13.7. The Morgan fingerprint density at radius 1 is 1.26 bits per heavy atom. The molecule has 1 saturated carbocycles. The number of alkyl halides is 1. The molecule has 1 aromatic rings. The fourth-order valence-electron chi connectivity index (χ4n) is 2.73. The molecule has 0 spiro atoms. The smallest absolute Gasteiger partial charge is 0.100 e. The zero-order valence-electron chi connectivity index (χ0n) is 11.5. The highest BCUT2D eigenvalue weighted by atomic mass is 127. The van der Waals surface area contributed by atoms with Crippen molar-refractivity contribution in [3.8, 4) is 0 Å². The van der Waals surface area contributed by atoms with Gasteiger partial charge in [-0.1, -0.05) is 76.0 Å². The molecular weight excluding hydrogens is 415 g/mol. The predicted octanol–water partition coefficient (Wildman–Crippen LogP) is 5.70. The van der Waals surface area contributed by atoms with Crippen LogP contribution < -0.4 is 0 Å². The van der Waals surface area contributed by atoms with Crippen LogP contribution in [0.1, 0.15) is 44.6 Å². The average molecular weight is 437 g/mol. The number of halogens is 2. The van der Waals surface area contributed by atoms with E-state index in [-0.39, 0.29) is 5.60 Å². The molecule has 1 aliphatic rings. The number of benzene rings is 1. The lowest BCUT2D eigenvalue weighted by molar-refractivity contribution is -0.0396. The largest absolute Gasteiger partial charge is 0.369 e. The van der Waals surface area contributed by atoms with Gasteiger partial charge in [0, 0.05) is 8.90 Å². The third-order valence-corrected chi connectivity index (χ3v) is 6.21. The Hall–Kier alpha value is 0.390. The summed E-state index contributed by atoms with van der Waals surface area (Å²) >= 11 is 6.09. The summed E-state index contributed by atoms with van der Waals surface area (Å²) in [4.78, 5) is 0. The first-order valence-corrected chi connectivity index (χ1v) is 9.42. The summed E-state index contributed by atoms with van der Waals surface area (Å²) in [6, 6.07) is 8.42. The molecule has 2 rings (SSSR count). The summed E-state index contributed by atoms with van der Waals surface area (Å²) < 4.78 is 8.47. The van der Waals surface area contributed by atoms with E-state index in [1.54, 1.807) is 0 Å². The number of hydrogen-bond donors (Lipinski definition) is 0. The molecule has 1 unspecified atom stereocenters. The van der Waals surface area contributed by atoms with Crippen molar-refractivity contribution in [1.82, 2.24) is 0 Å². The van der Waals surface area contributed by atoms with Crippen LogP contribution in [-0.2, 0) is 10.3 Å². The predicted molar refractivity (Wildman–Crippen MR) is 92.9 cm³/mol. The normalized spacial score (nSPS) is 20.2. The third-order valence-electron chi connectivity index (χ3n) is 4.06. The van der Waals surface area contributed by atoms with Crippen LogP contribution in [0.4, 0.5) is 0 Å². The van der Waals surface area contributed by atoms with E-state index < -0.39 is 0 Å². The van der Waals surface area contributed by atoms with Gasteiger partial charge in [-0.05, 0) is 37.3 Å². The van der Waals surface area contributed by atoms with Gasteiger partial charge in [0.25, 0.3) is 0 Å². The first kappa shape index (κ1) is 15.8. The summed E-state index contributed by atoms with van der Waals surface area (Å²) in [6.45, 7) is 3.11. The second-order valence-electron chi connectivity index (χ2n) is 5.66. The van der Waals surface area contributed by atoms with E-state index in [0.717, 1.165) is 21.4 Å². The molecule has 0 bridgehead atoms. The molecule has 0 aliphatic heterocycles. The van der Waals surface area contributed by atoms with Gasteiger partial charge in [-0.15, -0.1) is 0 Å². The minimum absolute atomic E-state index is 0.182. The highest BCUT2D eigenvalue weighted by Crippen LogP contribution is 2.35. The van der Waals surface area contributed by atoms with Gasteiger partial charge in [0.2, 0.25) is 0 Å². The molecule has 0 amide bonds. The highest BCUT2D eigenvalue weighted by Gasteiger charge is 2.29. The van der Waals surface area contributed by atoms with Gasteiger partial charge in [-0.25, -0.2) is 0 Å². The Morgan fingerprint density at radius 2 is 1.95 bits per heavy atom. The van der Waals surface area contributed by atoms with Crippen LogP contribution in [-0.4, -0.2) is 11.0 Å². The maximum absolute atomic E-state index is 6.35. The molecule has 19 heavy (non-hydrogen) atoms. The second-order valence-corrected chi connectivity index (χ2v) is 7.28. The van der Waals surface area contributed by atoms with Gasteiger partial charge in [0.1, 0.15) is 5.60 Å². The lowest BCUT2D eigenvalue weighted by Crippen LogP contribution is -2.31. The van der Waals surface area contributed by atoms with Crippen molar-refractivity contribution >= 4 is 38.5 Å². The SMILES string of the molecule is CC(CI)(OCC1CCCCC1)c1ccccc1Br. The molecule has 0 radical (unpaired) electrons. The molecule has 0 N–H and O–H groups in total. The molecule has 1 nitrogen and oxygen atoms in total. The van der Waals surface area contributed by atoms with E-state index in [1.165, 1.54) is 37.7 Å². The van der Waals surface area contributed by atoms with E-state index >= 15 is 0 Å². The molecular formula is C16H22BrIO. The van der Waals surface area contributed by atoms with Crippen LogP contribution in [0.15, 0.2) is 28.7 Å². The van der Waals surface area contributed by atoms with E-state index in [0.29, 0.717) is 0 Å². The maximum atomic E-state index is 6.35. The minimum atomic E-state index is -0.182. The van der Waals surface area contributed by atoms with Crippen molar-refractivity contribution < 1.29 is 4.74 Å². The summed E-state index contributed by atoms with van der Waals surface area (Å²) in [6.07, 6.45) is 6.85. The van der Waals surface area contributed by atoms with Gasteiger partial charge < -0.3 is 4.74 Å². The highest BCUT2D eigenvalue weighted by molar-refractivity contribution is 14.1. The second kappa shape index (κ2) is 7.41. The van der Waals surface area contributed by atoms with E-state index in [1.807, 2.05) is 0 Å². The zero-order valence-corrected chi connectivity index (χ0v) is 15.2. The third kappa shape index (κ3) is 4.18. The summed E-state index contributed by atoms with van der Waals surface area (Å²) in [7, 11) is 0. The average Bonchev–Trinajstić information content (AvgIpc) is 2.46. The number of hydrogen-bond acceptors (Lipinski definition) is 1. The van der Waals surface area contributed by atoms with Crippen molar-refractivity contribution in [1.29, 1.82) is 0 Å². The first-order valence-electron chi connectivity index (χ1n) is 7.10. The van der Waals surface area contributed by atoms with Crippen LogP contribution in [0, 0.1) is 5.92 Å². The fraction of sp³-hybridized carbons (Fsp3) is 0.625. The monoisotopic (exact) mass is 436 g/mol. The Labute approximate surface area is 138 Å². The molecule has 0 saturated heterocycles. The summed E-state index contributed by atoms with van der Waals surface area (Å²) in [5.41, 5.74) is 1.08. The Morgan fingerprint density at radius 3 is 2.58 bits per heavy atom. The fourth-order valence-corrected chi connectivity index (χ4v) is 4.07. The molecule has 3 heteroatoms. The first-order chi connectivity index (χ1) is 9.15. The van der Waals surface area contributed by atoms with Crippen LogP contribution in [0.25, 0.3) is 0 Å². The van der Waals surface area contributed by atoms with Gasteiger partial charge in [0.05, 0.1) is 6.61 Å². The topological polar surface area (TPSA) is 9.23 Å². The van der Waals surface area contributed by atoms with Crippen LogP contribution >= 0.6 is 38.5 Å². The van der Waals surface area contributed by atoms with Crippen molar-refractivity contribution in [2.75, 3.05) is 11.0 Å². The van der Waals surface area contributed by atoms with E-state index in [9.17, 15) is 0 Å². The summed E-state index contributed by atoms with van der Waals surface area (Å²) in [5, 5.41) is 0. The maximum Gasteiger partial charge on any atom is 0.100 e. The quantitative estimate of drug-likeness (QED) is 0.425. The van der Waals surface area contributed by atoms with Gasteiger partial charge in [-0.2, -0.15) is 0 Å². The van der Waals surface area contributed by atoms with Crippen molar-refractivity contribution in [3.05, 3.63) is 34.3 Å². The van der Waals surface area contributed by atoms with Crippen molar-refractivity contribution in [2.45, 2.75) is 44.6 Å². The number of rotatable bonds is 5. The minimum Gasteiger partial charge on any atom is -0.369 e. The Balaban J connectivity index is 2.03. The number of ether oxygens (including phenoxy) is 1. The molecule has 1 aliphatic carbocycles. The van der Waals surface area contributed by atoms with Crippen LogP contribution in [0.5, 0.6) is 0 Å². The van der Waals surface area contributed by atoms with E-state index in [2.05, 4.69) is 69.7 Å². The van der Waals surface area contributed by atoms with Crippen LogP contribution in [0.3, 0.4) is 0 Å².